The van der Waals surface area contributed by atoms with Crippen molar-refractivity contribution in [3.05, 3.63) is 65.0 Å². The van der Waals surface area contributed by atoms with Gasteiger partial charge < -0.3 is 10.1 Å². The van der Waals surface area contributed by atoms with Crippen LogP contribution in [0.4, 0.5) is 4.39 Å². The van der Waals surface area contributed by atoms with Crippen molar-refractivity contribution in [3.8, 4) is 5.75 Å². The first-order valence-electron chi connectivity index (χ1n) is 8.46. The van der Waals surface area contributed by atoms with E-state index in [1.165, 1.54) is 36.1 Å². The van der Waals surface area contributed by atoms with Crippen LogP contribution < -0.4 is 10.1 Å². The van der Waals surface area contributed by atoms with Crippen LogP contribution >= 0.6 is 0 Å². The van der Waals surface area contributed by atoms with Gasteiger partial charge in [0.2, 0.25) is 0 Å². The maximum atomic E-state index is 12.8. The van der Waals surface area contributed by atoms with E-state index in [1.54, 1.807) is 12.1 Å². The predicted molar refractivity (Wildman–Crippen MR) is 91.7 cm³/mol. The Hall–Kier alpha value is -2.36. The molecule has 4 heteroatoms. The minimum atomic E-state index is -0.249. The second-order valence-electron chi connectivity index (χ2n) is 6.15. The van der Waals surface area contributed by atoms with Crippen LogP contribution in [0, 0.1) is 5.82 Å². The third-order valence-corrected chi connectivity index (χ3v) is 4.34. The number of amides is 1. The summed E-state index contributed by atoms with van der Waals surface area (Å²) in [5.74, 6) is 0.361. The molecule has 1 aliphatic rings. The highest BCUT2D eigenvalue weighted by Crippen LogP contribution is 2.25. The van der Waals surface area contributed by atoms with E-state index in [1.807, 2.05) is 6.07 Å². The van der Waals surface area contributed by atoms with E-state index >= 15 is 0 Å². The van der Waals surface area contributed by atoms with Gasteiger partial charge in [0.1, 0.15) is 11.6 Å². The molecule has 0 atom stereocenters. The molecular formula is C20H22FNO2. The van der Waals surface area contributed by atoms with Crippen molar-refractivity contribution in [2.75, 3.05) is 13.2 Å². The lowest BCUT2D eigenvalue weighted by molar-refractivity contribution is -0.123. The van der Waals surface area contributed by atoms with Crippen molar-refractivity contribution in [2.24, 2.45) is 0 Å². The summed E-state index contributed by atoms with van der Waals surface area (Å²) < 4.78 is 18.4. The molecule has 0 spiro atoms. The van der Waals surface area contributed by atoms with E-state index in [0.717, 1.165) is 24.2 Å². The molecule has 24 heavy (non-hydrogen) atoms. The zero-order valence-electron chi connectivity index (χ0n) is 13.7. The summed E-state index contributed by atoms with van der Waals surface area (Å²) in [5.41, 5.74) is 3.74. The van der Waals surface area contributed by atoms with Gasteiger partial charge in [-0.05, 0) is 73.1 Å². The summed E-state index contributed by atoms with van der Waals surface area (Å²) in [5, 5.41) is 2.82. The monoisotopic (exact) mass is 327 g/mol. The standard InChI is InChI=1S/C20H22FNO2/c21-18-8-5-15(6-9-18)11-12-22-20(23)14-24-19-10-7-16-3-1-2-4-17(16)13-19/h5-10,13H,1-4,11-12,14H2,(H,22,23). The van der Waals surface area contributed by atoms with Crippen LogP contribution in [-0.4, -0.2) is 19.1 Å². The van der Waals surface area contributed by atoms with E-state index in [-0.39, 0.29) is 18.3 Å². The number of rotatable bonds is 6. The van der Waals surface area contributed by atoms with Crippen molar-refractivity contribution in [1.82, 2.24) is 5.32 Å². The van der Waals surface area contributed by atoms with Crippen LogP contribution in [0.25, 0.3) is 0 Å². The zero-order valence-corrected chi connectivity index (χ0v) is 13.7. The van der Waals surface area contributed by atoms with Gasteiger partial charge in [-0.15, -0.1) is 0 Å². The number of fused-ring (bicyclic) bond motifs is 1. The fourth-order valence-corrected chi connectivity index (χ4v) is 3.00. The summed E-state index contributed by atoms with van der Waals surface area (Å²) in [7, 11) is 0. The first-order chi connectivity index (χ1) is 11.7. The number of carbonyl (C=O) groups excluding carboxylic acids is 1. The molecule has 3 nitrogen and oxygen atoms in total. The largest absolute Gasteiger partial charge is 0.484 e. The van der Waals surface area contributed by atoms with Crippen LogP contribution in [0.3, 0.4) is 0 Å². The van der Waals surface area contributed by atoms with Crippen LogP contribution in [0.15, 0.2) is 42.5 Å². The number of hydrogen-bond donors (Lipinski definition) is 1. The van der Waals surface area contributed by atoms with Crippen molar-refractivity contribution < 1.29 is 13.9 Å². The molecule has 0 heterocycles. The van der Waals surface area contributed by atoms with Gasteiger partial charge in [0.15, 0.2) is 6.61 Å². The minimum absolute atomic E-state index is 0.0161. The number of ether oxygens (including phenoxy) is 1. The Morgan fingerprint density at radius 2 is 1.79 bits per heavy atom. The molecule has 0 bridgehead atoms. The van der Waals surface area contributed by atoms with E-state index in [4.69, 9.17) is 4.74 Å². The summed E-state index contributed by atoms with van der Waals surface area (Å²) >= 11 is 0. The second kappa shape index (κ2) is 7.95. The summed E-state index contributed by atoms with van der Waals surface area (Å²) in [6, 6.07) is 12.4. The zero-order chi connectivity index (χ0) is 16.8. The second-order valence-corrected chi connectivity index (χ2v) is 6.15. The number of hydrogen-bond acceptors (Lipinski definition) is 2. The van der Waals surface area contributed by atoms with Gasteiger partial charge in [0, 0.05) is 6.54 Å². The molecule has 0 saturated heterocycles. The highest BCUT2D eigenvalue weighted by molar-refractivity contribution is 5.77. The number of halogens is 1. The van der Waals surface area contributed by atoms with Crippen LogP contribution in [0.2, 0.25) is 0 Å². The molecule has 2 aromatic rings. The normalized spacial score (nSPS) is 13.2. The molecule has 126 valence electrons. The van der Waals surface area contributed by atoms with Crippen molar-refractivity contribution in [2.45, 2.75) is 32.1 Å². The van der Waals surface area contributed by atoms with Gasteiger partial charge in [0.05, 0.1) is 0 Å². The highest BCUT2D eigenvalue weighted by atomic mass is 19.1. The fourth-order valence-electron chi connectivity index (χ4n) is 3.00. The average molecular weight is 327 g/mol. The lowest BCUT2D eigenvalue weighted by atomic mass is 9.92. The first kappa shape index (κ1) is 16.5. The Bertz CT molecular complexity index is 697. The van der Waals surface area contributed by atoms with Crippen molar-refractivity contribution in [1.29, 1.82) is 0 Å². The number of aryl methyl sites for hydroxylation is 2. The smallest absolute Gasteiger partial charge is 0.257 e. The lowest BCUT2D eigenvalue weighted by Gasteiger charge is -2.16. The van der Waals surface area contributed by atoms with Crippen molar-refractivity contribution in [3.63, 3.8) is 0 Å². The molecule has 1 N–H and O–H groups in total. The average Bonchev–Trinajstić information content (AvgIpc) is 2.61. The number of nitrogens with one attached hydrogen (secondary N) is 1. The molecule has 3 rings (SSSR count). The maximum Gasteiger partial charge on any atom is 0.257 e. The summed E-state index contributed by atoms with van der Waals surface area (Å²) in [4.78, 5) is 11.9. The number of benzene rings is 2. The predicted octanol–water partition coefficient (Wildman–Crippen LogP) is 3.44. The molecule has 1 aliphatic carbocycles. The summed E-state index contributed by atoms with van der Waals surface area (Å²) in [6.07, 6.45) is 5.38. The Balaban J connectivity index is 1.41. The Morgan fingerprint density at radius 1 is 1.04 bits per heavy atom. The molecular weight excluding hydrogens is 305 g/mol. The van der Waals surface area contributed by atoms with Crippen LogP contribution in [-0.2, 0) is 24.1 Å². The Morgan fingerprint density at radius 3 is 2.58 bits per heavy atom. The molecule has 0 unspecified atom stereocenters. The SMILES string of the molecule is O=C(COc1ccc2c(c1)CCCC2)NCCc1ccc(F)cc1. The molecule has 0 radical (unpaired) electrons. The molecule has 0 aliphatic heterocycles. The first-order valence-corrected chi connectivity index (χ1v) is 8.46. The summed E-state index contributed by atoms with van der Waals surface area (Å²) in [6.45, 7) is 0.528. The van der Waals surface area contributed by atoms with Crippen molar-refractivity contribution >= 4 is 5.91 Å². The van der Waals surface area contributed by atoms with Gasteiger partial charge in [-0.2, -0.15) is 0 Å². The Kier molecular flexibility index (Phi) is 5.47. The third kappa shape index (κ3) is 4.57. The van der Waals surface area contributed by atoms with Gasteiger partial charge in [-0.1, -0.05) is 18.2 Å². The van der Waals surface area contributed by atoms with Crippen LogP contribution in [0.1, 0.15) is 29.5 Å². The van der Waals surface area contributed by atoms with E-state index in [9.17, 15) is 9.18 Å². The molecule has 1 amide bonds. The fraction of sp³-hybridized carbons (Fsp3) is 0.350. The van der Waals surface area contributed by atoms with Crippen LogP contribution in [0.5, 0.6) is 5.75 Å². The van der Waals surface area contributed by atoms with Gasteiger partial charge >= 0.3 is 0 Å². The topological polar surface area (TPSA) is 38.3 Å². The van der Waals surface area contributed by atoms with E-state index in [2.05, 4.69) is 17.4 Å². The van der Waals surface area contributed by atoms with Gasteiger partial charge in [-0.3, -0.25) is 4.79 Å². The van der Waals surface area contributed by atoms with Gasteiger partial charge in [0.25, 0.3) is 5.91 Å². The third-order valence-electron chi connectivity index (χ3n) is 4.34. The quantitative estimate of drug-likeness (QED) is 0.882. The lowest BCUT2D eigenvalue weighted by Crippen LogP contribution is -2.30. The highest BCUT2D eigenvalue weighted by Gasteiger charge is 2.10. The minimum Gasteiger partial charge on any atom is -0.484 e. The van der Waals surface area contributed by atoms with E-state index < -0.39 is 0 Å². The molecule has 0 fully saturated rings. The molecule has 0 aromatic heterocycles. The number of carbonyl (C=O) groups is 1. The Labute approximate surface area is 141 Å². The maximum absolute atomic E-state index is 12.8. The van der Waals surface area contributed by atoms with E-state index in [0.29, 0.717) is 13.0 Å². The molecule has 2 aromatic carbocycles. The molecule has 0 saturated carbocycles. The van der Waals surface area contributed by atoms with Gasteiger partial charge in [-0.25, -0.2) is 4.39 Å².